The Kier molecular flexibility index (Phi) is 3.54. The van der Waals surface area contributed by atoms with Gasteiger partial charge in [-0.1, -0.05) is 0 Å². The van der Waals surface area contributed by atoms with E-state index in [-0.39, 0.29) is 29.4 Å². The number of carbonyl (C=O) groups is 1. The molecule has 3 rings (SSSR count). The van der Waals surface area contributed by atoms with Gasteiger partial charge in [-0.3, -0.25) is 4.79 Å². The van der Waals surface area contributed by atoms with Gasteiger partial charge in [-0.2, -0.15) is 0 Å². The molecule has 2 aliphatic heterocycles. The SMILES string of the molecule is O=C(C[C@H]1CCS(=O)(=O)C1)N[C@H]1CCc2nccn2C1. The second kappa shape index (κ2) is 5.20. The lowest BCUT2D eigenvalue weighted by Gasteiger charge is -2.25. The van der Waals surface area contributed by atoms with Crippen LogP contribution in [0.1, 0.15) is 25.1 Å². The first kappa shape index (κ1) is 13.6. The van der Waals surface area contributed by atoms with Crippen LogP contribution in [0.15, 0.2) is 12.4 Å². The second-order valence-corrected chi connectivity index (χ2v) is 8.00. The highest BCUT2D eigenvalue weighted by Gasteiger charge is 2.30. The van der Waals surface area contributed by atoms with Crippen LogP contribution in [0.5, 0.6) is 0 Å². The molecular formula is C13H19N3O3S. The summed E-state index contributed by atoms with van der Waals surface area (Å²) in [5, 5.41) is 3.02. The zero-order valence-electron chi connectivity index (χ0n) is 11.3. The maximum absolute atomic E-state index is 12.0. The van der Waals surface area contributed by atoms with Crippen molar-refractivity contribution in [3.63, 3.8) is 0 Å². The molecule has 0 unspecified atom stereocenters. The van der Waals surface area contributed by atoms with Gasteiger partial charge in [-0.15, -0.1) is 0 Å². The molecule has 0 aliphatic carbocycles. The third kappa shape index (κ3) is 3.03. The van der Waals surface area contributed by atoms with Gasteiger partial charge in [0, 0.05) is 37.8 Å². The molecule has 0 bridgehead atoms. The predicted octanol–water partition coefficient (Wildman–Crippen LogP) is 0.139. The van der Waals surface area contributed by atoms with Crippen LogP contribution in [0.2, 0.25) is 0 Å². The molecule has 3 heterocycles. The van der Waals surface area contributed by atoms with E-state index in [1.807, 2.05) is 6.20 Å². The maximum atomic E-state index is 12.0. The van der Waals surface area contributed by atoms with E-state index >= 15 is 0 Å². The summed E-state index contributed by atoms with van der Waals surface area (Å²) in [7, 11) is -2.90. The highest BCUT2D eigenvalue weighted by atomic mass is 32.2. The summed E-state index contributed by atoms with van der Waals surface area (Å²) >= 11 is 0. The zero-order valence-corrected chi connectivity index (χ0v) is 12.1. The number of nitrogens with zero attached hydrogens (tertiary/aromatic N) is 2. The number of amides is 1. The lowest BCUT2D eigenvalue weighted by atomic mass is 10.0. The number of rotatable bonds is 3. The van der Waals surface area contributed by atoms with Crippen LogP contribution in [0.25, 0.3) is 0 Å². The number of imidazole rings is 1. The van der Waals surface area contributed by atoms with Crippen molar-refractivity contribution < 1.29 is 13.2 Å². The molecule has 7 heteroatoms. The van der Waals surface area contributed by atoms with Crippen molar-refractivity contribution in [2.75, 3.05) is 11.5 Å². The van der Waals surface area contributed by atoms with Gasteiger partial charge in [-0.25, -0.2) is 13.4 Å². The summed E-state index contributed by atoms with van der Waals surface area (Å²) in [5.74, 6) is 1.43. The molecule has 1 aromatic heterocycles. The number of aromatic nitrogens is 2. The highest BCUT2D eigenvalue weighted by molar-refractivity contribution is 7.91. The van der Waals surface area contributed by atoms with Crippen LogP contribution in [-0.2, 0) is 27.6 Å². The molecule has 1 aromatic rings. The Morgan fingerprint density at radius 3 is 3.05 bits per heavy atom. The Balaban J connectivity index is 1.51. The first-order valence-electron chi connectivity index (χ1n) is 7.02. The van der Waals surface area contributed by atoms with Crippen LogP contribution in [-0.4, -0.2) is 41.4 Å². The van der Waals surface area contributed by atoms with Gasteiger partial charge in [0.25, 0.3) is 0 Å². The summed E-state index contributed by atoms with van der Waals surface area (Å²) in [6.07, 6.45) is 6.42. The van der Waals surface area contributed by atoms with E-state index in [4.69, 9.17) is 0 Å². The van der Waals surface area contributed by atoms with Gasteiger partial charge < -0.3 is 9.88 Å². The lowest BCUT2D eigenvalue weighted by molar-refractivity contribution is -0.122. The highest BCUT2D eigenvalue weighted by Crippen LogP contribution is 2.21. The second-order valence-electron chi connectivity index (χ2n) is 5.77. The fourth-order valence-electron chi connectivity index (χ4n) is 3.07. The number of carbonyl (C=O) groups excluding carboxylic acids is 1. The van der Waals surface area contributed by atoms with E-state index in [0.717, 1.165) is 25.2 Å². The number of hydrogen-bond acceptors (Lipinski definition) is 4. The molecular weight excluding hydrogens is 278 g/mol. The van der Waals surface area contributed by atoms with Crippen molar-refractivity contribution in [3.8, 4) is 0 Å². The summed E-state index contributed by atoms with van der Waals surface area (Å²) < 4.78 is 24.8. The van der Waals surface area contributed by atoms with E-state index in [9.17, 15) is 13.2 Å². The van der Waals surface area contributed by atoms with Gasteiger partial charge in [0.2, 0.25) is 5.91 Å². The van der Waals surface area contributed by atoms with Crippen LogP contribution in [0.4, 0.5) is 0 Å². The largest absolute Gasteiger partial charge is 0.352 e. The van der Waals surface area contributed by atoms with Crippen molar-refractivity contribution in [1.82, 2.24) is 14.9 Å². The minimum Gasteiger partial charge on any atom is -0.352 e. The standard InChI is InChI=1S/C13H19N3O3S/c17-13(7-10-3-6-20(18,19)9-10)15-11-1-2-12-14-4-5-16(12)8-11/h4-5,10-11H,1-3,6-9H2,(H,15,17)/t10-,11+/m1/s1. The topological polar surface area (TPSA) is 81.1 Å². The van der Waals surface area contributed by atoms with Gasteiger partial charge in [0.05, 0.1) is 11.5 Å². The van der Waals surface area contributed by atoms with Gasteiger partial charge >= 0.3 is 0 Å². The van der Waals surface area contributed by atoms with Crippen LogP contribution >= 0.6 is 0 Å². The number of nitrogens with one attached hydrogen (secondary N) is 1. The van der Waals surface area contributed by atoms with E-state index in [1.54, 1.807) is 6.20 Å². The Morgan fingerprint density at radius 1 is 1.45 bits per heavy atom. The van der Waals surface area contributed by atoms with E-state index in [1.165, 1.54) is 0 Å². The monoisotopic (exact) mass is 297 g/mol. The molecule has 1 fully saturated rings. The summed E-state index contributed by atoms with van der Waals surface area (Å²) in [6, 6.07) is 0.127. The van der Waals surface area contributed by atoms with E-state index in [2.05, 4.69) is 14.9 Å². The van der Waals surface area contributed by atoms with Crippen LogP contribution in [0, 0.1) is 5.92 Å². The maximum Gasteiger partial charge on any atom is 0.220 e. The minimum atomic E-state index is -2.90. The average Bonchev–Trinajstić information content (AvgIpc) is 2.95. The number of hydrogen-bond donors (Lipinski definition) is 1. The number of sulfone groups is 1. The molecule has 2 aliphatic rings. The number of aryl methyl sites for hydroxylation is 1. The van der Waals surface area contributed by atoms with Crippen molar-refractivity contribution >= 4 is 15.7 Å². The van der Waals surface area contributed by atoms with Crippen molar-refractivity contribution in [1.29, 1.82) is 0 Å². The van der Waals surface area contributed by atoms with Gasteiger partial charge in [-0.05, 0) is 18.8 Å². The average molecular weight is 297 g/mol. The molecule has 1 saturated heterocycles. The van der Waals surface area contributed by atoms with Crippen molar-refractivity contribution in [2.45, 2.75) is 38.3 Å². The Hall–Kier alpha value is -1.37. The van der Waals surface area contributed by atoms with Gasteiger partial charge in [0.15, 0.2) is 9.84 Å². The Bertz CT molecular complexity index is 608. The summed E-state index contributed by atoms with van der Waals surface area (Å²) in [5.41, 5.74) is 0. The fraction of sp³-hybridized carbons (Fsp3) is 0.692. The molecule has 0 spiro atoms. The quantitative estimate of drug-likeness (QED) is 0.860. The van der Waals surface area contributed by atoms with Gasteiger partial charge in [0.1, 0.15) is 5.82 Å². The normalized spacial score (nSPS) is 28.0. The first-order valence-corrected chi connectivity index (χ1v) is 8.84. The first-order chi connectivity index (χ1) is 9.52. The predicted molar refractivity (Wildman–Crippen MR) is 73.9 cm³/mol. The molecule has 1 N–H and O–H groups in total. The fourth-order valence-corrected chi connectivity index (χ4v) is 4.93. The molecule has 0 radical (unpaired) electrons. The third-order valence-corrected chi connectivity index (χ3v) is 5.94. The molecule has 0 saturated carbocycles. The minimum absolute atomic E-state index is 0.00704. The summed E-state index contributed by atoms with van der Waals surface area (Å²) in [4.78, 5) is 16.3. The Morgan fingerprint density at radius 2 is 2.30 bits per heavy atom. The van der Waals surface area contributed by atoms with E-state index in [0.29, 0.717) is 12.8 Å². The summed E-state index contributed by atoms with van der Waals surface area (Å²) in [6.45, 7) is 0.754. The Labute approximate surface area is 118 Å². The van der Waals surface area contributed by atoms with Crippen LogP contribution < -0.4 is 5.32 Å². The van der Waals surface area contributed by atoms with Crippen molar-refractivity contribution in [3.05, 3.63) is 18.2 Å². The molecule has 2 atom stereocenters. The number of fused-ring (bicyclic) bond motifs is 1. The molecule has 1 amide bonds. The molecule has 110 valence electrons. The lowest BCUT2D eigenvalue weighted by Crippen LogP contribution is -2.41. The molecule has 6 nitrogen and oxygen atoms in total. The third-order valence-electron chi connectivity index (χ3n) is 4.10. The van der Waals surface area contributed by atoms with Crippen LogP contribution in [0.3, 0.4) is 0 Å². The zero-order chi connectivity index (χ0) is 14.2. The molecule has 0 aromatic carbocycles. The molecule has 20 heavy (non-hydrogen) atoms. The smallest absolute Gasteiger partial charge is 0.220 e. The van der Waals surface area contributed by atoms with Crippen molar-refractivity contribution in [2.24, 2.45) is 5.92 Å². The van der Waals surface area contributed by atoms with E-state index < -0.39 is 9.84 Å².